The normalized spacial score (nSPS) is 11.8. The molecule has 244 valence electrons. The van der Waals surface area contributed by atoms with Crippen molar-refractivity contribution in [3.8, 4) is 0 Å². The minimum absolute atomic E-state index is 0.0906. The Morgan fingerprint density at radius 1 is 0.714 bits per heavy atom. The number of carbonyl (C=O) groups excluding carboxylic acids is 2. The number of amides is 2. The summed E-state index contributed by atoms with van der Waals surface area (Å²) in [5.74, 6) is -1.76. The summed E-state index contributed by atoms with van der Waals surface area (Å²) >= 11 is 0. The van der Waals surface area contributed by atoms with Gasteiger partial charge in [-0.15, -0.1) is 0 Å². The van der Waals surface area contributed by atoms with Crippen molar-refractivity contribution in [2.24, 2.45) is 0 Å². The summed E-state index contributed by atoms with van der Waals surface area (Å²) in [7, 11) is 1.37. The number of rotatable bonds is 11. The van der Waals surface area contributed by atoms with Crippen LogP contribution in [0.5, 0.6) is 0 Å². The van der Waals surface area contributed by atoms with Crippen molar-refractivity contribution in [1.29, 1.82) is 0 Å². The number of aromatic carboxylic acids is 1. The topological polar surface area (TPSA) is 143 Å². The van der Waals surface area contributed by atoms with Crippen LogP contribution in [0.1, 0.15) is 32.6 Å². The molecule has 0 saturated heterocycles. The molecule has 0 aliphatic heterocycles. The number of fused-ring (bicyclic) bond motifs is 1. The molecule has 0 fully saturated rings. The quantitative estimate of drug-likeness (QED) is 0.0903. The lowest BCUT2D eigenvalue weighted by atomic mass is 9.76. The van der Waals surface area contributed by atoms with Gasteiger partial charge in [0.1, 0.15) is 17.4 Å². The molecule has 2 heterocycles. The SMILES string of the molecule is COC(=O)C(Cc1ccc(NC(=O)Nc2ncccc2C(=O)O)c2ncccc12)NC(c1ccccc1)(c1ccccc1)c1ccccc1. The molecule has 0 saturated carbocycles. The van der Waals surface area contributed by atoms with E-state index in [9.17, 15) is 19.5 Å². The number of nitrogens with zero attached hydrogens (tertiary/aromatic N) is 2. The summed E-state index contributed by atoms with van der Waals surface area (Å²) < 4.78 is 5.38. The maximum atomic E-state index is 13.7. The van der Waals surface area contributed by atoms with Gasteiger partial charge >= 0.3 is 18.0 Å². The first kappa shape index (κ1) is 32.5. The van der Waals surface area contributed by atoms with Crippen molar-refractivity contribution in [1.82, 2.24) is 15.3 Å². The number of pyridine rings is 2. The number of methoxy groups -OCH3 is 1. The molecule has 0 aliphatic carbocycles. The molecule has 0 spiro atoms. The molecule has 10 nitrogen and oxygen atoms in total. The molecule has 2 aromatic heterocycles. The lowest BCUT2D eigenvalue weighted by molar-refractivity contribution is -0.143. The standard InChI is InChI=1S/C39H33N5O5/c1-49-37(47)33(44-39(27-13-5-2-6-14-27,28-15-7-3-8-16-28)29-17-9-4-10-18-29)25-26-21-22-32(34-30(26)19-11-23-40-34)42-38(48)43-35-31(36(45)46)20-12-24-41-35/h2-24,33,44H,25H2,1H3,(H,45,46)(H2,41,42,43,48). The minimum atomic E-state index is -1.22. The van der Waals surface area contributed by atoms with Crippen LogP contribution in [0, 0.1) is 0 Å². The van der Waals surface area contributed by atoms with Crippen LogP contribution >= 0.6 is 0 Å². The van der Waals surface area contributed by atoms with Crippen LogP contribution in [0.25, 0.3) is 10.9 Å². The molecular weight excluding hydrogens is 618 g/mol. The fourth-order valence-corrected chi connectivity index (χ4v) is 6.08. The highest BCUT2D eigenvalue weighted by molar-refractivity contribution is 6.07. The Bertz CT molecular complexity index is 2000. The molecule has 4 N–H and O–H groups in total. The first-order valence-electron chi connectivity index (χ1n) is 15.6. The van der Waals surface area contributed by atoms with Crippen molar-refractivity contribution in [3.05, 3.63) is 168 Å². The molecular formula is C39H33N5O5. The summed E-state index contributed by atoms with van der Waals surface area (Å²) in [4.78, 5) is 46.8. The van der Waals surface area contributed by atoms with Gasteiger partial charge in [-0.1, -0.05) is 103 Å². The van der Waals surface area contributed by atoms with E-state index in [1.54, 1.807) is 18.3 Å². The molecule has 0 radical (unpaired) electrons. The first-order valence-corrected chi connectivity index (χ1v) is 15.6. The van der Waals surface area contributed by atoms with Crippen LogP contribution in [0.2, 0.25) is 0 Å². The number of nitrogens with one attached hydrogen (secondary N) is 3. The largest absolute Gasteiger partial charge is 0.478 e. The first-order chi connectivity index (χ1) is 23.9. The monoisotopic (exact) mass is 651 g/mol. The van der Waals surface area contributed by atoms with E-state index in [1.165, 1.54) is 25.4 Å². The number of hydrogen-bond acceptors (Lipinski definition) is 7. The van der Waals surface area contributed by atoms with Crippen LogP contribution < -0.4 is 16.0 Å². The Labute approximate surface area is 282 Å². The molecule has 1 atom stereocenters. The van der Waals surface area contributed by atoms with E-state index < -0.39 is 29.6 Å². The summed E-state index contributed by atoms with van der Waals surface area (Å²) in [5, 5.41) is 19.2. The second-order valence-electron chi connectivity index (χ2n) is 11.2. The smallest absolute Gasteiger partial charge is 0.339 e. The zero-order valence-corrected chi connectivity index (χ0v) is 26.5. The van der Waals surface area contributed by atoms with Crippen LogP contribution in [0.15, 0.2) is 140 Å². The zero-order valence-electron chi connectivity index (χ0n) is 26.5. The maximum Gasteiger partial charge on any atom is 0.339 e. The highest BCUT2D eigenvalue weighted by Crippen LogP contribution is 2.38. The Hall–Kier alpha value is -6.39. The Kier molecular flexibility index (Phi) is 9.68. The predicted octanol–water partition coefficient (Wildman–Crippen LogP) is 6.64. The van der Waals surface area contributed by atoms with Gasteiger partial charge in [0.25, 0.3) is 0 Å². The van der Waals surface area contributed by atoms with E-state index in [4.69, 9.17) is 4.74 Å². The lowest BCUT2D eigenvalue weighted by Gasteiger charge is -2.39. The van der Waals surface area contributed by atoms with Gasteiger partial charge in [-0.3, -0.25) is 20.4 Å². The van der Waals surface area contributed by atoms with E-state index in [-0.39, 0.29) is 17.8 Å². The van der Waals surface area contributed by atoms with Gasteiger partial charge in [0, 0.05) is 17.8 Å². The third-order valence-corrected chi connectivity index (χ3v) is 8.30. The van der Waals surface area contributed by atoms with Gasteiger partial charge in [0.2, 0.25) is 0 Å². The van der Waals surface area contributed by atoms with Crippen molar-refractivity contribution in [3.63, 3.8) is 0 Å². The number of aromatic nitrogens is 2. The number of urea groups is 1. The zero-order chi connectivity index (χ0) is 34.2. The van der Waals surface area contributed by atoms with Crippen LogP contribution in [-0.2, 0) is 21.5 Å². The molecule has 49 heavy (non-hydrogen) atoms. The van der Waals surface area contributed by atoms with Crippen molar-refractivity contribution in [2.45, 2.75) is 18.0 Å². The Balaban J connectivity index is 1.38. The number of hydrogen-bond donors (Lipinski definition) is 4. The third kappa shape index (κ3) is 6.85. The highest BCUT2D eigenvalue weighted by Gasteiger charge is 2.40. The molecule has 6 rings (SSSR count). The molecule has 6 aromatic rings. The number of esters is 1. The predicted molar refractivity (Wildman–Crippen MR) is 187 cm³/mol. The van der Waals surface area contributed by atoms with Gasteiger partial charge < -0.3 is 15.2 Å². The lowest BCUT2D eigenvalue weighted by Crippen LogP contribution is -2.53. The van der Waals surface area contributed by atoms with Gasteiger partial charge in [0.05, 0.1) is 23.9 Å². The molecule has 0 bridgehead atoms. The molecule has 2 amide bonds. The second-order valence-corrected chi connectivity index (χ2v) is 11.2. The summed E-state index contributed by atoms with van der Waals surface area (Å²) in [6.07, 6.45) is 3.23. The number of carboxylic acids is 1. The number of anilines is 2. The number of carboxylic acid groups (broad SMARTS) is 1. The number of ether oxygens (including phenoxy) is 1. The second kappa shape index (κ2) is 14.6. The van der Waals surface area contributed by atoms with Gasteiger partial charge in [-0.25, -0.2) is 14.6 Å². The van der Waals surface area contributed by atoms with Crippen molar-refractivity contribution in [2.75, 3.05) is 17.7 Å². The fraction of sp³-hybridized carbons (Fsp3) is 0.103. The van der Waals surface area contributed by atoms with E-state index in [0.29, 0.717) is 16.6 Å². The average molecular weight is 652 g/mol. The Morgan fingerprint density at radius 2 is 1.29 bits per heavy atom. The van der Waals surface area contributed by atoms with Crippen LogP contribution in [-0.4, -0.2) is 46.2 Å². The van der Waals surface area contributed by atoms with Crippen LogP contribution in [0.4, 0.5) is 16.3 Å². The third-order valence-electron chi connectivity index (χ3n) is 8.30. The fourth-order valence-electron chi connectivity index (χ4n) is 6.08. The number of benzene rings is 4. The van der Waals surface area contributed by atoms with Crippen LogP contribution in [0.3, 0.4) is 0 Å². The summed E-state index contributed by atoms with van der Waals surface area (Å²) in [5.41, 5.74) is 3.41. The van der Waals surface area contributed by atoms with E-state index >= 15 is 0 Å². The van der Waals surface area contributed by atoms with Gasteiger partial charge in [-0.2, -0.15) is 0 Å². The molecule has 0 aliphatic rings. The van der Waals surface area contributed by atoms with Gasteiger partial charge in [-0.05, 0) is 52.9 Å². The summed E-state index contributed by atoms with van der Waals surface area (Å²) in [6.45, 7) is 0. The summed E-state index contributed by atoms with van der Waals surface area (Å²) in [6, 6.07) is 38.4. The highest BCUT2D eigenvalue weighted by atomic mass is 16.5. The van der Waals surface area contributed by atoms with E-state index in [1.807, 2.05) is 103 Å². The van der Waals surface area contributed by atoms with Gasteiger partial charge in [0.15, 0.2) is 0 Å². The average Bonchev–Trinajstić information content (AvgIpc) is 3.15. The number of carbonyl (C=O) groups is 3. The maximum absolute atomic E-state index is 13.7. The van der Waals surface area contributed by atoms with Crippen molar-refractivity contribution >= 4 is 40.4 Å². The van der Waals surface area contributed by atoms with E-state index in [2.05, 4.69) is 25.9 Å². The minimum Gasteiger partial charge on any atom is -0.478 e. The molecule has 10 heteroatoms. The van der Waals surface area contributed by atoms with E-state index in [0.717, 1.165) is 22.3 Å². The van der Waals surface area contributed by atoms with Crippen molar-refractivity contribution < 1.29 is 24.2 Å². The Morgan fingerprint density at radius 3 is 1.86 bits per heavy atom. The molecule has 4 aromatic carbocycles. The molecule has 1 unspecified atom stereocenters.